The van der Waals surface area contributed by atoms with Crippen LogP contribution in [-0.4, -0.2) is 5.91 Å². The number of hydrogen-bond donors (Lipinski definition) is 1. The Morgan fingerprint density at radius 3 is 2.24 bits per heavy atom. The molecule has 0 saturated carbocycles. The number of benzene rings is 2. The Bertz CT molecular complexity index is 662. The van der Waals surface area contributed by atoms with Gasteiger partial charge in [0, 0.05) is 15.6 Å². The second-order valence-corrected chi connectivity index (χ2v) is 6.08. The van der Waals surface area contributed by atoms with Crippen molar-refractivity contribution in [3.63, 3.8) is 0 Å². The molecule has 0 heterocycles. The van der Waals surface area contributed by atoms with Crippen LogP contribution in [0.5, 0.6) is 0 Å². The number of amides is 1. The number of carbonyl (C=O) groups is 1. The predicted molar refractivity (Wildman–Crippen MR) is 88.3 cm³/mol. The van der Waals surface area contributed by atoms with Crippen molar-refractivity contribution >= 4 is 29.1 Å². The van der Waals surface area contributed by atoms with Gasteiger partial charge < -0.3 is 5.32 Å². The number of nitrogens with one attached hydrogen (secondary N) is 1. The highest BCUT2D eigenvalue weighted by Crippen LogP contribution is 2.26. The molecule has 4 heteroatoms. The second-order valence-electron chi connectivity index (χ2n) is 5.24. The lowest BCUT2D eigenvalue weighted by molar-refractivity contribution is 0.0939. The zero-order valence-electron chi connectivity index (χ0n) is 12.2. The van der Waals surface area contributed by atoms with Gasteiger partial charge in [0.05, 0.1) is 6.04 Å². The fraction of sp³-hybridized carbons (Fsp3) is 0.235. The van der Waals surface area contributed by atoms with Crippen molar-refractivity contribution in [2.45, 2.75) is 26.8 Å². The van der Waals surface area contributed by atoms with Crippen LogP contribution >= 0.6 is 23.2 Å². The highest BCUT2D eigenvalue weighted by atomic mass is 35.5. The third kappa shape index (κ3) is 3.99. The van der Waals surface area contributed by atoms with Crippen LogP contribution in [0, 0.1) is 13.8 Å². The summed E-state index contributed by atoms with van der Waals surface area (Å²) < 4.78 is 0. The van der Waals surface area contributed by atoms with Crippen LogP contribution in [0.3, 0.4) is 0 Å². The molecule has 0 aliphatic rings. The first-order valence-electron chi connectivity index (χ1n) is 6.71. The van der Waals surface area contributed by atoms with Crippen molar-refractivity contribution in [2.75, 3.05) is 0 Å². The van der Waals surface area contributed by atoms with Crippen LogP contribution in [-0.2, 0) is 0 Å². The number of rotatable bonds is 3. The summed E-state index contributed by atoms with van der Waals surface area (Å²) in [5.74, 6) is -0.111. The van der Waals surface area contributed by atoms with E-state index in [9.17, 15) is 4.79 Å². The molecule has 2 rings (SSSR count). The van der Waals surface area contributed by atoms with Gasteiger partial charge in [-0.05, 0) is 50.6 Å². The van der Waals surface area contributed by atoms with Crippen LogP contribution < -0.4 is 5.32 Å². The van der Waals surface area contributed by atoms with E-state index in [2.05, 4.69) is 5.32 Å². The molecule has 0 saturated heterocycles. The summed E-state index contributed by atoms with van der Waals surface area (Å²) in [6.45, 7) is 5.85. The number of aryl methyl sites for hydroxylation is 2. The lowest BCUT2D eigenvalue weighted by Crippen LogP contribution is -2.27. The lowest BCUT2D eigenvalue weighted by atomic mass is 10.1. The molecule has 110 valence electrons. The SMILES string of the molecule is Cc1cc(C)cc(C(=O)N[C@@H](C)c2ccc(Cl)cc2Cl)c1. The maximum absolute atomic E-state index is 12.3. The Labute approximate surface area is 135 Å². The molecule has 1 amide bonds. The van der Waals surface area contributed by atoms with Gasteiger partial charge in [-0.3, -0.25) is 4.79 Å². The van der Waals surface area contributed by atoms with E-state index < -0.39 is 0 Å². The number of hydrogen-bond acceptors (Lipinski definition) is 1. The van der Waals surface area contributed by atoms with Crippen molar-refractivity contribution in [1.82, 2.24) is 5.32 Å². The first-order valence-corrected chi connectivity index (χ1v) is 7.46. The van der Waals surface area contributed by atoms with E-state index in [1.54, 1.807) is 12.1 Å². The van der Waals surface area contributed by atoms with E-state index in [0.717, 1.165) is 16.7 Å². The third-order valence-corrected chi connectivity index (χ3v) is 3.82. The fourth-order valence-corrected chi connectivity index (χ4v) is 2.89. The maximum Gasteiger partial charge on any atom is 0.251 e. The summed E-state index contributed by atoms with van der Waals surface area (Å²) in [6, 6.07) is 10.9. The largest absolute Gasteiger partial charge is 0.345 e. The molecule has 0 fully saturated rings. The average Bonchev–Trinajstić information content (AvgIpc) is 2.37. The molecule has 1 atom stereocenters. The number of halogens is 2. The summed E-state index contributed by atoms with van der Waals surface area (Å²) in [6.07, 6.45) is 0. The highest BCUT2D eigenvalue weighted by molar-refractivity contribution is 6.35. The lowest BCUT2D eigenvalue weighted by Gasteiger charge is -2.16. The summed E-state index contributed by atoms with van der Waals surface area (Å²) in [4.78, 5) is 12.3. The fourth-order valence-electron chi connectivity index (χ4n) is 2.32. The molecule has 0 spiro atoms. The summed E-state index contributed by atoms with van der Waals surface area (Å²) in [5, 5.41) is 4.09. The van der Waals surface area contributed by atoms with Crippen molar-refractivity contribution < 1.29 is 4.79 Å². The molecule has 2 aromatic rings. The van der Waals surface area contributed by atoms with E-state index in [-0.39, 0.29) is 11.9 Å². The van der Waals surface area contributed by atoms with Crippen molar-refractivity contribution in [3.8, 4) is 0 Å². The van der Waals surface area contributed by atoms with Gasteiger partial charge in [-0.25, -0.2) is 0 Å². The summed E-state index contributed by atoms with van der Waals surface area (Å²) in [7, 11) is 0. The Morgan fingerprint density at radius 2 is 1.67 bits per heavy atom. The minimum Gasteiger partial charge on any atom is -0.345 e. The van der Waals surface area contributed by atoms with E-state index in [1.807, 2.05) is 45.0 Å². The molecule has 2 aromatic carbocycles. The van der Waals surface area contributed by atoms with Crippen molar-refractivity contribution in [1.29, 1.82) is 0 Å². The predicted octanol–water partition coefficient (Wildman–Crippen LogP) is 5.10. The first-order chi connectivity index (χ1) is 9.86. The van der Waals surface area contributed by atoms with E-state index >= 15 is 0 Å². The van der Waals surface area contributed by atoms with Gasteiger partial charge >= 0.3 is 0 Å². The van der Waals surface area contributed by atoms with Crippen LogP contribution in [0.25, 0.3) is 0 Å². The molecule has 0 radical (unpaired) electrons. The second kappa shape index (κ2) is 6.50. The molecule has 0 aliphatic heterocycles. The van der Waals surface area contributed by atoms with Crippen LogP contribution in [0.15, 0.2) is 36.4 Å². The smallest absolute Gasteiger partial charge is 0.251 e. The monoisotopic (exact) mass is 321 g/mol. The topological polar surface area (TPSA) is 29.1 Å². The minimum atomic E-state index is -0.192. The Morgan fingerprint density at radius 1 is 1.05 bits per heavy atom. The molecule has 2 nitrogen and oxygen atoms in total. The van der Waals surface area contributed by atoms with Gasteiger partial charge in [0.2, 0.25) is 0 Å². The first kappa shape index (κ1) is 15.9. The standard InChI is InChI=1S/C17H17Cl2NO/c1-10-6-11(2)8-13(7-10)17(21)20-12(3)15-5-4-14(18)9-16(15)19/h4-9,12H,1-3H3,(H,20,21)/t12-/m0/s1. The van der Waals surface area contributed by atoms with Crippen molar-refractivity contribution in [3.05, 3.63) is 68.7 Å². The van der Waals surface area contributed by atoms with E-state index in [4.69, 9.17) is 23.2 Å². The Balaban J connectivity index is 2.18. The zero-order chi connectivity index (χ0) is 15.6. The third-order valence-electron chi connectivity index (χ3n) is 3.26. The van der Waals surface area contributed by atoms with E-state index in [1.165, 1.54) is 0 Å². The summed E-state index contributed by atoms with van der Waals surface area (Å²) in [5.41, 5.74) is 3.64. The van der Waals surface area contributed by atoms with Crippen molar-refractivity contribution in [2.24, 2.45) is 0 Å². The van der Waals surface area contributed by atoms with Gasteiger partial charge in [0.1, 0.15) is 0 Å². The Kier molecular flexibility index (Phi) is 4.92. The quantitative estimate of drug-likeness (QED) is 0.837. The minimum absolute atomic E-state index is 0.111. The van der Waals surface area contributed by atoms with Gasteiger partial charge in [-0.2, -0.15) is 0 Å². The zero-order valence-corrected chi connectivity index (χ0v) is 13.7. The molecule has 0 aliphatic carbocycles. The van der Waals surface area contributed by atoms with Gasteiger partial charge in [0.25, 0.3) is 5.91 Å². The molecule has 21 heavy (non-hydrogen) atoms. The highest BCUT2D eigenvalue weighted by Gasteiger charge is 2.14. The average molecular weight is 322 g/mol. The number of carbonyl (C=O) groups excluding carboxylic acids is 1. The normalized spacial score (nSPS) is 12.0. The van der Waals surface area contributed by atoms with E-state index in [0.29, 0.717) is 15.6 Å². The van der Waals surface area contributed by atoms with Gasteiger partial charge in [-0.15, -0.1) is 0 Å². The molecule has 0 aromatic heterocycles. The van der Waals surface area contributed by atoms with Crippen LogP contribution in [0.1, 0.15) is 40.0 Å². The molecule has 0 bridgehead atoms. The van der Waals surface area contributed by atoms with Crippen LogP contribution in [0.4, 0.5) is 0 Å². The van der Waals surface area contributed by atoms with Gasteiger partial charge in [-0.1, -0.05) is 46.5 Å². The van der Waals surface area contributed by atoms with Gasteiger partial charge in [0.15, 0.2) is 0 Å². The maximum atomic E-state index is 12.3. The summed E-state index contributed by atoms with van der Waals surface area (Å²) >= 11 is 12.1. The molecule has 0 unspecified atom stereocenters. The molecule has 1 N–H and O–H groups in total. The van der Waals surface area contributed by atoms with Crippen LogP contribution in [0.2, 0.25) is 10.0 Å². The Hall–Kier alpha value is -1.51. The molecular formula is C17H17Cl2NO. The molecular weight excluding hydrogens is 305 g/mol.